The Balaban J connectivity index is 2.15. The average Bonchev–Trinajstić information content (AvgIpc) is 2.54. The zero-order chi connectivity index (χ0) is 15.9. The first-order valence-electron chi connectivity index (χ1n) is 6.53. The summed E-state index contributed by atoms with van der Waals surface area (Å²) < 4.78 is 0.779. The fraction of sp³-hybridized carbons (Fsp3) is 0.0625. The number of rotatable bonds is 5. The molecule has 2 aromatic rings. The van der Waals surface area contributed by atoms with E-state index >= 15 is 0 Å². The van der Waals surface area contributed by atoms with Gasteiger partial charge in [-0.1, -0.05) is 18.2 Å². The van der Waals surface area contributed by atoms with Gasteiger partial charge in [0.05, 0.1) is 5.69 Å². The molecule has 0 spiro atoms. The van der Waals surface area contributed by atoms with Crippen LogP contribution in [0.5, 0.6) is 0 Å². The summed E-state index contributed by atoms with van der Waals surface area (Å²) in [4.78, 5) is 28.0. The van der Waals surface area contributed by atoms with Crippen molar-refractivity contribution in [3.8, 4) is 0 Å². The summed E-state index contributed by atoms with van der Waals surface area (Å²) in [6.45, 7) is 3.86. The molecular formula is C16H14BrN3O2. The molecule has 2 rings (SSSR count). The van der Waals surface area contributed by atoms with Gasteiger partial charge in [0.1, 0.15) is 5.69 Å². The molecule has 0 aliphatic carbocycles. The topological polar surface area (TPSA) is 71.1 Å². The largest absolute Gasteiger partial charge is 0.347 e. The molecule has 1 aromatic heterocycles. The van der Waals surface area contributed by atoms with Crippen LogP contribution >= 0.6 is 15.9 Å². The molecule has 0 radical (unpaired) electrons. The molecule has 6 heteroatoms. The molecular weight excluding hydrogens is 346 g/mol. The SMILES string of the molecule is C=CCNC(=O)c1cc(C(=O)Nc2ccccc2Br)ccn1. The van der Waals surface area contributed by atoms with Gasteiger partial charge in [0.15, 0.2) is 0 Å². The van der Waals surface area contributed by atoms with Crippen LogP contribution in [0.1, 0.15) is 20.8 Å². The molecule has 1 aromatic carbocycles. The fourth-order valence-electron chi connectivity index (χ4n) is 1.71. The molecule has 2 amide bonds. The number of hydrogen-bond acceptors (Lipinski definition) is 3. The number of benzene rings is 1. The van der Waals surface area contributed by atoms with Crippen LogP contribution in [-0.2, 0) is 0 Å². The van der Waals surface area contributed by atoms with Crippen molar-refractivity contribution in [1.82, 2.24) is 10.3 Å². The van der Waals surface area contributed by atoms with Gasteiger partial charge in [0, 0.05) is 22.8 Å². The van der Waals surface area contributed by atoms with Crippen LogP contribution in [0.25, 0.3) is 0 Å². The Labute approximate surface area is 136 Å². The van der Waals surface area contributed by atoms with E-state index in [0.29, 0.717) is 17.8 Å². The third-order valence-corrected chi connectivity index (χ3v) is 3.48. The van der Waals surface area contributed by atoms with Gasteiger partial charge in [-0.05, 0) is 40.2 Å². The number of carbonyl (C=O) groups is 2. The molecule has 0 atom stereocenters. The lowest BCUT2D eigenvalue weighted by atomic mass is 10.2. The molecule has 0 fully saturated rings. The van der Waals surface area contributed by atoms with Crippen molar-refractivity contribution >= 4 is 33.4 Å². The monoisotopic (exact) mass is 359 g/mol. The third-order valence-electron chi connectivity index (χ3n) is 2.78. The van der Waals surface area contributed by atoms with Crippen molar-refractivity contribution in [2.45, 2.75) is 0 Å². The number of nitrogens with one attached hydrogen (secondary N) is 2. The Kier molecular flexibility index (Phi) is 5.43. The van der Waals surface area contributed by atoms with E-state index in [1.165, 1.54) is 12.3 Å². The molecule has 22 heavy (non-hydrogen) atoms. The average molecular weight is 360 g/mol. The molecule has 0 saturated carbocycles. The van der Waals surface area contributed by atoms with E-state index in [2.05, 4.69) is 38.1 Å². The number of para-hydroxylation sites is 1. The number of carbonyl (C=O) groups excluding carboxylic acids is 2. The fourth-order valence-corrected chi connectivity index (χ4v) is 2.09. The maximum absolute atomic E-state index is 12.2. The zero-order valence-corrected chi connectivity index (χ0v) is 13.3. The number of anilines is 1. The van der Waals surface area contributed by atoms with Gasteiger partial charge in [0.25, 0.3) is 11.8 Å². The van der Waals surface area contributed by atoms with Gasteiger partial charge < -0.3 is 10.6 Å². The predicted octanol–water partition coefficient (Wildman–Crippen LogP) is 3.01. The number of aromatic nitrogens is 1. The maximum Gasteiger partial charge on any atom is 0.270 e. The van der Waals surface area contributed by atoms with Gasteiger partial charge in [-0.25, -0.2) is 0 Å². The second kappa shape index (κ2) is 7.51. The standard InChI is InChI=1S/C16H14BrN3O2/c1-2-8-19-16(22)14-10-11(7-9-18-14)15(21)20-13-6-4-3-5-12(13)17/h2-7,9-10H,1,8H2,(H,19,22)(H,20,21). The Hall–Kier alpha value is -2.47. The van der Waals surface area contributed by atoms with Crippen LogP contribution in [0.4, 0.5) is 5.69 Å². The Morgan fingerprint density at radius 2 is 2.00 bits per heavy atom. The highest BCUT2D eigenvalue weighted by molar-refractivity contribution is 9.10. The van der Waals surface area contributed by atoms with E-state index < -0.39 is 0 Å². The number of nitrogens with zero attached hydrogens (tertiary/aromatic N) is 1. The summed E-state index contributed by atoms with van der Waals surface area (Å²) >= 11 is 3.36. The van der Waals surface area contributed by atoms with Gasteiger partial charge in [-0.2, -0.15) is 0 Å². The molecule has 0 aliphatic heterocycles. The summed E-state index contributed by atoms with van der Waals surface area (Å²) in [6, 6.07) is 10.3. The van der Waals surface area contributed by atoms with E-state index in [0.717, 1.165) is 4.47 Å². The highest BCUT2D eigenvalue weighted by Crippen LogP contribution is 2.21. The zero-order valence-electron chi connectivity index (χ0n) is 11.7. The summed E-state index contributed by atoms with van der Waals surface area (Å²) in [5, 5.41) is 5.39. The minimum Gasteiger partial charge on any atom is -0.347 e. The second-order valence-electron chi connectivity index (χ2n) is 4.36. The Morgan fingerprint density at radius 1 is 1.23 bits per heavy atom. The summed E-state index contributed by atoms with van der Waals surface area (Å²) in [5.41, 5.74) is 1.19. The lowest BCUT2D eigenvalue weighted by molar-refractivity contribution is 0.0953. The van der Waals surface area contributed by atoms with Crippen LogP contribution in [0.3, 0.4) is 0 Å². The number of pyridine rings is 1. The summed E-state index contributed by atoms with van der Waals surface area (Å²) in [7, 11) is 0. The normalized spacial score (nSPS) is 9.86. The smallest absolute Gasteiger partial charge is 0.270 e. The first kappa shape index (κ1) is 15.9. The quantitative estimate of drug-likeness (QED) is 0.806. The van der Waals surface area contributed by atoms with E-state index in [4.69, 9.17) is 0 Å². The van der Waals surface area contributed by atoms with Crippen LogP contribution in [0.2, 0.25) is 0 Å². The number of hydrogen-bond donors (Lipinski definition) is 2. The van der Waals surface area contributed by atoms with Crippen molar-refractivity contribution < 1.29 is 9.59 Å². The van der Waals surface area contributed by atoms with Crippen LogP contribution < -0.4 is 10.6 Å². The molecule has 112 valence electrons. The maximum atomic E-state index is 12.2. The second-order valence-corrected chi connectivity index (χ2v) is 5.22. The van der Waals surface area contributed by atoms with E-state index in [1.54, 1.807) is 18.2 Å². The Morgan fingerprint density at radius 3 is 2.73 bits per heavy atom. The molecule has 0 unspecified atom stereocenters. The molecule has 0 bridgehead atoms. The van der Waals surface area contributed by atoms with E-state index in [-0.39, 0.29) is 17.5 Å². The lowest BCUT2D eigenvalue weighted by Crippen LogP contribution is -2.24. The van der Waals surface area contributed by atoms with Crippen LogP contribution in [-0.4, -0.2) is 23.3 Å². The summed E-state index contributed by atoms with van der Waals surface area (Å²) in [6.07, 6.45) is 3.00. The van der Waals surface area contributed by atoms with Crippen molar-refractivity contribution in [1.29, 1.82) is 0 Å². The van der Waals surface area contributed by atoms with Gasteiger partial charge in [-0.15, -0.1) is 6.58 Å². The number of amides is 2. The Bertz CT molecular complexity index is 716. The molecule has 0 aliphatic rings. The summed E-state index contributed by atoms with van der Waals surface area (Å²) in [5.74, 6) is -0.664. The number of halogens is 1. The highest BCUT2D eigenvalue weighted by atomic mass is 79.9. The van der Waals surface area contributed by atoms with Crippen molar-refractivity contribution in [2.24, 2.45) is 0 Å². The molecule has 2 N–H and O–H groups in total. The van der Waals surface area contributed by atoms with Crippen LogP contribution in [0, 0.1) is 0 Å². The first-order chi connectivity index (χ1) is 10.6. The molecule has 1 heterocycles. The van der Waals surface area contributed by atoms with Crippen molar-refractivity contribution in [3.63, 3.8) is 0 Å². The minimum atomic E-state index is -0.351. The lowest BCUT2D eigenvalue weighted by Gasteiger charge is -2.08. The van der Waals surface area contributed by atoms with Crippen LogP contribution in [0.15, 0.2) is 59.7 Å². The van der Waals surface area contributed by atoms with E-state index in [1.807, 2.05) is 18.2 Å². The van der Waals surface area contributed by atoms with Crippen molar-refractivity contribution in [3.05, 3.63) is 71.0 Å². The molecule has 0 saturated heterocycles. The predicted molar refractivity (Wildman–Crippen MR) is 88.9 cm³/mol. The van der Waals surface area contributed by atoms with Gasteiger partial charge >= 0.3 is 0 Å². The van der Waals surface area contributed by atoms with Gasteiger partial charge in [0.2, 0.25) is 0 Å². The highest BCUT2D eigenvalue weighted by Gasteiger charge is 2.12. The first-order valence-corrected chi connectivity index (χ1v) is 7.32. The minimum absolute atomic E-state index is 0.182. The van der Waals surface area contributed by atoms with Gasteiger partial charge in [-0.3, -0.25) is 14.6 Å². The third kappa shape index (κ3) is 4.02. The molecule has 5 nitrogen and oxygen atoms in total. The van der Waals surface area contributed by atoms with E-state index in [9.17, 15) is 9.59 Å². The van der Waals surface area contributed by atoms with Crippen molar-refractivity contribution in [2.75, 3.05) is 11.9 Å².